The third kappa shape index (κ3) is 6.26. The summed E-state index contributed by atoms with van der Waals surface area (Å²) < 4.78 is 18.2. The summed E-state index contributed by atoms with van der Waals surface area (Å²) >= 11 is 0. The summed E-state index contributed by atoms with van der Waals surface area (Å²) in [6.07, 6.45) is 2.96. The van der Waals surface area contributed by atoms with Crippen molar-refractivity contribution in [1.29, 1.82) is 0 Å². The lowest BCUT2D eigenvalue weighted by Crippen LogP contribution is -2.26. The van der Waals surface area contributed by atoms with Crippen molar-refractivity contribution < 1.29 is 13.9 Å². The summed E-state index contributed by atoms with van der Waals surface area (Å²) in [4.78, 5) is 14.4. The van der Waals surface area contributed by atoms with Gasteiger partial charge in [-0.15, -0.1) is 0 Å². The summed E-state index contributed by atoms with van der Waals surface area (Å²) in [5.41, 5.74) is 6.76. The van der Waals surface area contributed by atoms with Crippen molar-refractivity contribution >= 4 is 11.5 Å². The largest absolute Gasteiger partial charge is 0.427 e. The Kier molecular flexibility index (Phi) is 8.15. The molecule has 0 fully saturated rings. The maximum absolute atomic E-state index is 12.9. The van der Waals surface area contributed by atoms with Crippen LogP contribution < -0.4 is 4.74 Å². The molecule has 0 unspecified atom stereocenters. The summed E-state index contributed by atoms with van der Waals surface area (Å²) in [6, 6.07) is 12.1. The number of carbonyl (C=O) groups excluding carboxylic acids is 1. The highest BCUT2D eigenvalue weighted by Gasteiger charge is 2.17. The highest BCUT2D eigenvalue weighted by atomic mass is 19.1. The molecule has 0 spiro atoms. The van der Waals surface area contributed by atoms with E-state index in [1.807, 2.05) is 0 Å². The molecule has 0 N–H and O–H groups in total. The van der Waals surface area contributed by atoms with E-state index >= 15 is 0 Å². The lowest BCUT2D eigenvalue weighted by Gasteiger charge is -2.27. The molecule has 0 aliphatic carbocycles. The lowest BCUT2D eigenvalue weighted by atomic mass is 9.88. The predicted octanol–water partition coefficient (Wildman–Crippen LogP) is 5.81. The molecule has 0 bridgehead atoms. The van der Waals surface area contributed by atoms with Crippen LogP contribution in [-0.2, 0) is 11.2 Å². The summed E-state index contributed by atoms with van der Waals surface area (Å²) in [7, 11) is 2.16. The Labute approximate surface area is 174 Å². The van der Waals surface area contributed by atoms with Crippen LogP contribution in [0.25, 0.3) is 5.57 Å². The molecule has 29 heavy (non-hydrogen) atoms. The van der Waals surface area contributed by atoms with Gasteiger partial charge < -0.3 is 9.64 Å². The number of halogens is 1. The van der Waals surface area contributed by atoms with Crippen molar-refractivity contribution in [3.05, 3.63) is 70.5 Å². The second kappa shape index (κ2) is 10.4. The predicted molar refractivity (Wildman–Crippen MR) is 118 cm³/mol. The molecule has 1 aliphatic rings. The van der Waals surface area contributed by atoms with Crippen molar-refractivity contribution in [2.24, 2.45) is 0 Å². The van der Waals surface area contributed by atoms with E-state index in [2.05, 4.69) is 44.0 Å². The molecular weight excluding hydrogens is 365 g/mol. The van der Waals surface area contributed by atoms with E-state index < -0.39 is 0 Å². The molecule has 156 valence electrons. The maximum Gasteiger partial charge on any atom is 0.311 e. The molecule has 3 nitrogen and oxygen atoms in total. The van der Waals surface area contributed by atoms with Crippen molar-refractivity contribution in [3.63, 3.8) is 0 Å². The number of hydrogen-bond donors (Lipinski definition) is 0. The van der Waals surface area contributed by atoms with Gasteiger partial charge in [0.2, 0.25) is 0 Å². The maximum atomic E-state index is 12.9. The molecule has 0 aromatic heterocycles. The molecule has 2 aromatic carbocycles. The van der Waals surface area contributed by atoms with Gasteiger partial charge in [0.05, 0.1) is 0 Å². The number of nitrogens with zero attached hydrogens (tertiary/aromatic N) is 1. The van der Waals surface area contributed by atoms with Gasteiger partial charge >= 0.3 is 5.97 Å². The highest BCUT2D eigenvalue weighted by Crippen LogP contribution is 2.30. The number of aryl methyl sites for hydroxylation is 2. The number of benzene rings is 2. The van der Waals surface area contributed by atoms with Crippen LogP contribution in [0.1, 0.15) is 50.3 Å². The number of carbonyl (C=O) groups is 1. The first-order chi connectivity index (χ1) is 13.4. The van der Waals surface area contributed by atoms with E-state index in [0.29, 0.717) is 12.2 Å². The average Bonchev–Trinajstić information content (AvgIpc) is 2.65. The molecule has 4 heteroatoms. The van der Waals surface area contributed by atoms with Gasteiger partial charge in [0, 0.05) is 19.5 Å². The van der Waals surface area contributed by atoms with Crippen LogP contribution in [0.4, 0.5) is 4.39 Å². The molecular formula is C25H32FNO2. The van der Waals surface area contributed by atoms with Gasteiger partial charge in [-0.05, 0) is 81.1 Å². The fourth-order valence-corrected chi connectivity index (χ4v) is 3.76. The fourth-order valence-electron chi connectivity index (χ4n) is 3.76. The second-order valence-corrected chi connectivity index (χ2v) is 7.69. The van der Waals surface area contributed by atoms with E-state index in [0.717, 1.165) is 32.4 Å². The number of likely N-dealkylation sites (N-methyl/N-ethyl adjacent to an activating group) is 1. The Morgan fingerprint density at radius 2 is 1.86 bits per heavy atom. The van der Waals surface area contributed by atoms with Crippen LogP contribution in [0.15, 0.2) is 48.0 Å². The zero-order chi connectivity index (χ0) is 20.1. The minimum absolute atomic E-state index is 0. The monoisotopic (exact) mass is 397 g/mol. The molecule has 0 amide bonds. The Morgan fingerprint density at radius 1 is 1.14 bits per heavy atom. The van der Waals surface area contributed by atoms with Gasteiger partial charge in [0.25, 0.3) is 0 Å². The Bertz CT molecular complexity index is 871. The van der Waals surface area contributed by atoms with Crippen molar-refractivity contribution in [2.75, 3.05) is 20.1 Å². The van der Waals surface area contributed by atoms with Gasteiger partial charge in [-0.3, -0.25) is 4.79 Å². The quantitative estimate of drug-likeness (QED) is 0.455. The van der Waals surface area contributed by atoms with E-state index in [9.17, 15) is 9.18 Å². The van der Waals surface area contributed by atoms with Crippen molar-refractivity contribution in [2.45, 2.75) is 47.0 Å². The van der Waals surface area contributed by atoms with E-state index in [4.69, 9.17) is 4.74 Å². The van der Waals surface area contributed by atoms with Crippen LogP contribution in [0.3, 0.4) is 0 Å². The summed E-state index contributed by atoms with van der Waals surface area (Å²) in [5.74, 6) is -0.241. The van der Waals surface area contributed by atoms with Gasteiger partial charge in [0.1, 0.15) is 11.6 Å². The third-order valence-electron chi connectivity index (χ3n) is 5.23. The van der Waals surface area contributed by atoms with Crippen LogP contribution >= 0.6 is 0 Å². The minimum atomic E-state index is -0.342. The Balaban J connectivity index is 0.00000300. The van der Waals surface area contributed by atoms with Gasteiger partial charge in [-0.1, -0.05) is 36.8 Å². The molecule has 3 rings (SSSR count). The summed E-state index contributed by atoms with van der Waals surface area (Å²) in [5, 5.41) is 0. The van der Waals surface area contributed by atoms with Crippen LogP contribution in [0, 0.1) is 12.7 Å². The zero-order valence-corrected chi connectivity index (χ0v) is 16.9. The molecule has 2 aromatic rings. The molecule has 1 heterocycles. The number of rotatable bonds is 6. The van der Waals surface area contributed by atoms with Gasteiger partial charge in [0.15, 0.2) is 0 Å². The van der Waals surface area contributed by atoms with Crippen molar-refractivity contribution in [3.8, 4) is 5.75 Å². The Hall–Kier alpha value is -2.46. The standard InChI is InChI=1S/C24H28FNO2.CH4/c1-17-7-8-19(23(15-17)22-13-14-26(3)16-18(22)2)5-4-6-24(27)28-21-11-9-20(25)10-12-21;/h7-12,15H,4-6,13-14,16H2,1-3H3;1H4. The van der Waals surface area contributed by atoms with E-state index in [-0.39, 0.29) is 19.2 Å². The number of hydrogen-bond acceptors (Lipinski definition) is 3. The number of ether oxygens (including phenoxy) is 1. The summed E-state index contributed by atoms with van der Waals surface area (Å²) in [6.45, 7) is 6.42. The van der Waals surface area contributed by atoms with Crippen LogP contribution in [0.5, 0.6) is 5.75 Å². The van der Waals surface area contributed by atoms with Gasteiger partial charge in [-0.25, -0.2) is 4.39 Å². The number of esters is 1. The smallest absolute Gasteiger partial charge is 0.311 e. The van der Waals surface area contributed by atoms with E-state index in [1.54, 1.807) is 0 Å². The van der Waals surface area contributed by atoms with E-state index in [1.165, 1.54) is 52.1 Å². The normalized spacial score (nSPS) is 14.5. The highest BCUT2D eigenvalue weighted by molar-refractivity contribution is 5.73. The van der Waals surface area contributed by atoms with Gasteiger partial charge in [-0.2, -0.15) is 0 Å². The van der Waals surface area contributed by atoms with Crippen molar-refractivity contribution in [1.82, 2.24) is 4.90 Å². The SMILES string of the molecule is C.CC1=C(c2cc(C)ccc2CCCC(=O)Oc2ccc(F)cc2)CCN(C)C1. The molecule has 0 saturated carbocycles. The lowest BCUT2D eigenvalue weighted by molar-refractivity contribution is -0.134. The molecule has 0 saturated heterocycles. The molecule has 1 aliphatic heterocycles. The fraction of sp³-hybridized carbons (Fsp3) is 0.400. The Morgan fingerprint density at radius 3 is 2.55 bits per heavy atom. The second-order valence-electron chi connectivity index (χ2n) is 7.69. The van der Waals surface area contributed by atoms with Crippen LogP contribution in [-0.4, -0.2) is 31.0 Å². The topological polar surface area (TPSA) is 29.5 Å². The average molecular weight is 398 g/mol. The minimum Gasteiger partial charge on any atom is -0.427 e. The third-order valence-corrected chi connectivity index (χ3v) is 5.23. The zero-order valence-electron chi connectivity index (χ0n) is 16.9. The molecule has 0 radical (unpaired) electrons. The first kappa shape index (κ1) is 22.8. The first-order valence-corrected chi connectivity index (χ1v) is 9.85. The molecule has 0 atom stereocenters. The first-order valence-electron chi connectivity index (χ1n) is 9.85. The van der Waals surface area contributed by atoms with Crippen LogP contribution in [0.2, 0.25) is 0 Å².